The molecule has 0 bridgehead atoms. The van der Waals surface area contributed by atoms with Gasteiger partial charge in [0, 0.05) is 37.2 Å². The van der Waals surface area contributed by atoms with Crippen molar-refractivity contribution in [3.63, 3.8) is 0 Å². The van der Waals surface area contributed by atoms with E-state index in [9.17, 15) is 13.2 Å². The van der Waals surface area contributed by atoms with Crippen LogP contribution >= 0.6 is 11.6 Å². The maximum atomic E-state index is 12.7. The van der Waals surface area contributed by atoms with Crippen LogP contribution in [0.1, 0.15) is 26.2 Å². The predicted molar refractivity (Wildman–Crippen MR) is 102 cm³/mol. The van der Waals surface area contributed by atoms with E-state index in [1.54, 1.807) is 17.0 Å². The van der Waals surface area contributed by atoms with Crippen LogP contribution in [0.5, 0.6) is 0 Å². The van der Waals surface area contributed by atoms with Crippen molar-refractivity contribution in [2.24, 2.45) is 0 Å². The molecule has 2 aliphatic rings. The predicted octanol–water partition coefficient (Wildman–Crippen LogP) is 2.05. The monoisotopic (exact) mass is 399 g/mol. The van der Waals surface area contributed by atoms with Crippen LogP contribution in [0.4, 0.5) is 0 Å². The molecule has 1 amide bonds. The van der Waals surface area contributed by atoms with Crippen LogP contribution in [0, 0.1) is 0 Å². The normalized spacial score (nSPS) is 23.2. The van der Waals surface area contributed by atoms with Crippen LogP contribution in [-0.2, 0) is 14.8 Å². The summed E-state index contributed by atoms with van der Waals surface area (Å²) in [4.78, 5) is 16.8. The van der Waals surface area contributed by atoms with E-state index in [2.05, 4.69) is 11.8 Å². The van der Waals surface area contributed by atoms with Gasteiger partial charge < -0.3 is 4.90 Å². The zero-order chi connectivity index (χ0) is 18.7. The van der Waals surface area contributed by atoms with Gasteiger partial charge in [-0.05, 0) is 50.6 Å². The highest BCUT2D eigenvalue weighted by molar-refractivity contribution is 7.89. The number of amides is 1. The van der Waals surface area contributed by atoms with Gasteiger partial charge in [-0.25, -0.2) is 8.42 Å². The summed E-state index contributed by atoms with van der Waals surface area (Å²) >= 11 is 5.84. The highest BCUT2D eigenvalue weighted by atomic mass is 35.5. The van der Waals surface area contributed by atoms with Gasteiger partial charge in [0.1, 0.15) is 0 Å². The molecule has 2 fully saturated rings. The molecule has 1 atom stereocenters. The third kappa shape index (κ3) is 4.39. The lowest BCUT2D eigenvalue weighted by molar-refractivity contribution is -0.134. The number of hydrogen-bond donors (Lipinski definition) is 0. The van der Waals surface area contributed by atoms with Gasteiger partial charge in [0.2, 0.25) is 15.9 Å². The summed E-state index contributed by atoms with van der Waals surface area (Å²) in [5.74, 6) is 0.0993. The minimum atomic E-state index is -3.54. The molecule has 0 N–H and O–H groups in total. The van der Waals surface area contributed by atoms with Crippen molar-refractivity contribution in [1.82, 2.24) is 14.1 Å². The molecule has 6 nitrogen and oxygen atoms in total. The second-order valence-electron chi connectivity index (χ2n) is 7.05. The number of likely N-dealkylation sites (tertiary alicyclic amines) is 1. The first-order valence-electron chi connectivity index (χ1n) is 9.15. The van der Waals surface area contributed by atoms with Crippen molar-refractivity contribution in [3.8, 4) is 0 Å². The average Bonchev–Trinajstić information content (AvgIpc) is 2.64. The Labute approximate surface area is 160 Å². The summed E-state index contributed by atoms with van der Waals surface area (Å²) in [7, 11) is -3.54. The van der Waals surface area contributed by atoms with E-state index >= 15 is 0 Å². The quantitative estimate of drug-likeness (QED) is 0.777. The van der Waals surface area contributed by atoms with E-state index in [0.717, 1.165) is 19.4 Å². The number of piperazine rings is 1. The molecule has 144 valence electrons. The second-order valence-corrected chi connectivity index (χ2v) is 9.43. The van der Waals surface area contributed by atoms with Crippen molar-refractivity contribution in [1.29, 1.82) is 0 Å². The van der Waals surface area contributed by atoms with Gasteiger partial charge in [0.05, 0.1) is 11.4 Å². The lowest BCUT2D eigenvalue weighted by Gasteiger charge is -2.37. The lowest BCUT2D eigenvalue weighted by Crippen LogP contribution is -2.53. The largest absolute Gasteiger partial charge is 0.339 e. The Morgan fingerprint density at radius 2 is 1.73 bits per heavy atom. The Hall–Kier alpha value is -1.15. The molecule has 3 rings (SSSR count). The number of carbonyl (C=O) groups is 1. The number of nitrogens with zero attached hydrogens (tertiary/aromatic N) is 3. The van der Waals surface area contributed by atoms with E-state index in [1.165, 1.54) is 22.9 Å². The first kappa shape index (κ1) is 19.6. The third-order valence-electron chi connectivity index (χ3n) is 5.32. The molecule has 0 aliphatic carbocycles. The van der Waals surface area contributed by atoms with Gasteiger partial charge in [0.25, 0.3) is 0 Å². The Bertz CT molecular complexity index is 731. The second kappa shape index (κ2) is 8.25. The van der Waals surface area contributed by atoms with Gasteiger partial charge in [-0.3, -0.25) is 9.69 Å². The van der Waals surface area contributed by atoms with Gasteiger partial charge >= 0.3 is 0 Å². The molecule has 8 heteroatoms. The van der Waals surface area contributed by atoms with Gasteiger partial charge in [0.15, 0.2) is 0 Å². The fourth-order valence-corrected chi connectivity index (χ4v) is 5.15. The fraction of sp³-hybridized carbons (Fsp3) is 0.611. The topological polar surface area (TPSA) is 60.9 Å². The minimum absolute atomic E-state index is 0.0993. The van der Waals surface area contributed by atoms with Crippen molar-refractivity contribution >= 4 is 27.5 Å². The molecule has 1 aromatic rings. The van der Waals surface area contributed by atoms with Crippen LogP contribution < -0.4 is 0 Å². The van der Waals surface area contributed by atoms with Crippen molar-refractivity contribution < 1.29 is 13.2 Å². The molecule has 0 saturated carbocycles. The number of sulfonamides is 1. The lowest BCUT2D eigenvalue weighted by atomic mass is 10.0. The summed E-state index contributed by atoms with van der Waals surface area (Å²) in [6.07, 6.45) is 3.51. The Morgan fingerprint density at radius 3 is 2.35 bits per heavy atom. The standard InChI is InChI=1S/C18H26ClN3O3S/c1-15-4-2-3-9-21(15)14-18(23)20-10-12-22(13-11-20)26(24,25)17-7-5-16(19)6-8-17/h5-8,15H,2-4,9-14H2,1H3. The Morgan fingerprint density at radius 1 is 1.08 bits per heavy atom. The third-order valence-corrected chi connectivity index (χ3v) is 7.49. The molecule has 2 saturated heterocycles. The summed E-state index contributed by atoms with van der Waals surface area (Å²) in [5.41, 5.74) is 0. The van der Waals surface area contributed by atoms with E-state index in [0.29, 0.717) is 43.8 Å². The number of carbonyl (C=O) groups excluding carboxylic acids is 1. The molecule has 0 spiro atoms. The van der Waals surface area contributed by atoms with Gasteiger partial charge in [-0.1, -0.05) is 18.0 Å². The molecular weight excluding hydrogens is 374 g/mol. The SMILES string of the molecule is CC1CCCCN1CC(=O)N1CCN(S(=O)(=O)c2ccc(Cl)cc2)CC1. The molecule has 1 unspecified atom stereocenters. The summed E-state index contributed by atoms with van der Waals surface area (Å²) in [6.45, 7) is 5.10. The van der Waals surface area contributed by atoms with E-state index in [4.69, 9.17) is 11.6 Å². The van der Waals surface area contributed by atoms with Crippen LogP contribution in [-0.4, -0.2) is 73.7 Å². The zero-order valence-electron chi connectivity index (χ0n) is 15.1. The zero-order valence-corrected chi connectivity index (χ0v) is 16.7. The van der Waals surface area contributed by atoms with Crippen LogP contribution in [0.3, 0.4) is 0 Å². The molecule has 2 aliphatic heterocycles. The number of benzene rings is 1. The number of halogens is 1. The van der Waals surface area contributed by atoms with Gasteiger partial charge in [-0.2, -0.15) is 4.31 Å². The minimum Gasteiger partial charge on any atom is -0.339 e. The Balaban J connectivity index is 1.56. The Kier molecular flexibility index (Phi) is 6.22. The van der Waals surface area contributed by atoms with Crippen molar-refractivity contribution in [2.75, 3.05) is 39.3 Å². The highest BCUT2D eigenvalue weighted by Gasteiger charge is 2.31. The fourth-order valence-electron chi connectivity index (χ4n) is 3.60. The number of hydrogen-bond acceptors (Lipinski definition) is 4. The maximum absolute atomic E-state index is 12.7. The van der Waals surface area contributed by atoms with Crippen LogP contribution in [0.15, 0.2) is 29.2 Å². The summed E-state index contributed by atoms with van der Waals surface area (Å²) in [6, 6.07) is 6.64. The summed E-state index contributed by atoms with van der Waals surface area (Å²) < 4.78 is 26.9. The molecule has 0 aromatic heterocycles. The van der Waals surface area contributed by atoms with Gasteiger partial charge in [-0.15, -0.1) is 0 Å². The van der Waals surface area contributed by atoms with Crippen LogP contribution in [0.2, 0.25) is 5.02 Å². The van der Waals surface area contributed by atoms with E-state index < -0.39 is 10.0 Å². The first-order chi connectivity index (χ1) is 12.4. The first-order valence-corrected chi connectivity index (χ1v) is 11.0. The van der Waals surface area contributed by atoms with Crippen molar-refractivity contribution in [2.45, 2.75) is 37.1 Å². The van der Waals surface area contributed by atoms with Crippen molar-refractivity contribution in [3.05, 3.63) is 29.3 Å². The van der Waals surface area contributed by atoms with E-state index in [-0.39, 0.29) is 10.8 Å². The molecular formula is C18H26ClN3O3S. The number of piperidine rings is 1. The van der Waals surface area contributed by atoms with E-state index in [1.807, 2.05) is 0 Å². The number of rotatable bonds is 4. The highest BCUT2D eigenvalue weighted by Crippen LogP contribution is 2.20. The summed E-state index contributed by atoms with van der Waals surface area (Å²) in [5, 5.41) is 0.506. The molecule has 26 heavy (non-hydrogen) atoms. The molecule has 2 heterocycles. The molecule has 1 aromatic carbocycles. The smallest absolute Gasteiger partial charge is 0.243 e. The average molecular weight is 400 g/mol. The maximum Gasteiger partial charge on any atom is 0.243 e. The van der Waals surface area contributed by atoms with Crippen LogP contribution in [0.25, 0.3) is 0 Å². The molecule has 0 radical (unpaired) electrons.